The van der Waals surface area contributed by atoms with Crippen LogP contribution in [-0.4, -0.2) is 35.6 Å². The van der Waals surface area contributed by atoms with Crippen LogP contribution in [0.1, 0.15) is 47.2 Å². The van der Waals surface area contributed by atoms with Gasteiger partial charge in [0.05, 0.1) is 0 Å². The first kappa shape index (κ1) is 16.3. The van der Waals surface area contributed by atoms with E-state index in [1.807, 2.05) is 18.0 Å². The van der Waals surface area contributed by atoms with Gasteiger partial charge < -0.3 is 10.0 Å². The smallest absolute Gasteiger partial charge is 0.253 e. The van der Waals surface area contributed by atoms with Gasteiger partial charge in [0.2, 0.25) is 0 Å². The van der Waals surface area contributed by atoms with Crippen molar-refractivity contribution < 1.29 is 9.90 Å². The van der Waals surface area contributed by atoms with E-state index in [9.17, 15) is 9.90 Å². The number of amides is 1. The molecule has 4 rings (SSSR count). The molecular weight excluding hydrogens is 310 g/mol. The number of aliphatic hydroxyl groups excluding tert-OH is 1. The Balaban J connectivity index is 1.51. The summed E-state index contributed by atoms with van der Waals surface area (Å²) >= 11 is 0. The molecule has 0 aliphatic heterocycles. The van der Waals surface area contributed by atoms with E-state index in [1.165, 1.54) is 22.3 Å². The van der Waals surface area contributed by atoms with Gasteiger partial charge in [-0.25, -0.2) is 0 Å². The van der Waals surface area contributed by atoms with E-state index in [-0.39, 0.29) is 12.5 Å². The van der Waals surface area contributed by atoms with Gasteiger partial charge in [0.15, 0.2) is 0 Å². The van der Waals surface area contributed by atoms with E-state index in [2.05, 4.69) is 36.4 Å². The first-order valence-corrected chi connectivity index (χ1v) is 9.26. The fourth-order valence-electron chi connectivity index (χ4n) is 4.36. The lowest BCUT2D eigenvalue weighted by Crippen LogP contribution is -2.39. The Morgan fingerprint density at radius 2 is 1.76 bits per heavy atom. The summed E-state index contributed by atoms with van der Waals surface area (Å²) in [5, 5.41) is 9.29. The Morgan fingerprint density at radius 1 is 1.04 bits per heavy atom. The Labute approximate surface area is 149 Å². The summed E-state index contributed by atoms with van der Waals surface area (Å²) in [6.07, 6.45) is 4.92. The van der Waals surface area contributed by atoms with E-state index in [4.69, 9.17) is 0 Å². The van der Waals surface area contributed by atoms with Gasteiger partial charge in [0, 0.05) is 25.3 Å². The molecule has 1 N–H and O–H groups in total. The average Bonchev–Trinajstić information content (AvgIpc) is 3.04. The predicted octanol–water partition coefficient (Wildman–Crippen LogP) is 3.88. The monoisotopic (exact) mass is 335 g/mol. The number of carbonyl (C=O) groups is 1. The highest BCUT2D eigenvalue weighted by molar-refractivity contribution is 5.95. The highest BCUT2D eigenvalue weighted by Crippen LogP contribution is 2.37. The Kier molecular flexibility index (Phi) is 4.34. The van der Waals surface area contributed by atoms with Crippen LogP contribution in [0.4, 0.5) is 0 Å². The van der Waals surface area contributed by atoms with Crippen LogP contribution in [0, 0.1) is 5.92 Å². The van der Waals surface area contributed by atoms with E-state index in [0.29, 0.717) is 12.0 Å². The molecule has 0 spiro atoms. The molecule has 3 nitrogen and oxygen atoms in total. The average molecular weight is 335 g/mol. The molecule has 130 valence electrons. The quantitative estimate of drug-likeness (QED) is 0.789. The zero-order valence-electron chi connectivity index (χ0n) is 14.7. The van der Waals surface area contributed by atoms with Crippen molar-refractivity contribution in [1.29, 1.82) is 0 Å². The number of carbonyl (C=O) groups excluding carboxylic acids is 1. The van der Waals surface area contributed by atoms with Crippen LogP contribution in [0.15, 0.2) is 42.5 Å². The summed E-state index contributed by atoms with van der Waals surface area (Å²) in [5.41, 5.74) is 5.95. The zero-order chi connectivity index (χ0) is 17.4. The number of benzene rings is 2. The van der Waals surface area contributed by atoms with Crippen molar-refractivity contribution in [2.24, 2.45) is 5.92 Å². The molecule has 2 aliphatic rings. The van der Waals surface area contributed by atoms with Gasteiger partial charge in [-0.1, -0.05) is 30.3 Å². The van der Waals surface area contributed by atoms with Gasteiger partial charge in [-0.2, -0.15) is 0 Å². The molecule has 0 unspecified atom stereocenters. The second-order valence-corrected chi connectivity index (χ2v) is 7.48. The molecule has 3 heteroatoms. The van der Waals surface area contributed by atoms with Gasteiger partial charge in [-0.15, -0.1) is 0 Å². The SMILES string of the molecule is CN(C(=O)c1ccc2c(c1)Cc1ccccc1-2)C1CCC(CO)CC1. The number of fused-ring (bicyclic) bond motifs is 3. The zero-order valence-corrected chi connectivity index (χ0v) is 14.7. The van der Waals surface area contributed by atoms with Crippen molar-refractivity contribution in [1.82, 2.24) is 4.90 Å². The minimum atomic E-state index is 0.117. The maximum absolute atomic E-state index is 12.9. The molecule has 1 amide bonds. The third-order valence-electron chi connectivity index (χ3n) is 5.98. The molecule has 0 atom stereocenters. The molecule has 0 radical (unpaired) electrons. The fraction of sp³-hybridized carbons (Fsp3) is 0.409. The van der Waals surface area contributed by atoms with Crippen molar-refractivity contribution >= 4 is 5.91 Å². The summed E-state index contributed by atoms with van der Waals surface area (Å²) in [5.74, 6) is 0.532. The van der Waals surface area contributed by atoms with Crippen LogP contribution in [0.25, 0.3) is 11.1 Å². The maximum atomic E-state index is 12.9. The lowest BCUT2D eigenvalue weighted by atomic mass is 9.86. The molecule has 2 aromatic carbocycles. The van der Waals surface area contributed by atoms with E-state index in [0.717, 1.165) is 37.7 Å². The summed E-state index contributed by atoms with van der Waals surface area (Å²) in [4.78, 5) is 14.9. The molecule has 1 fully saturated rings. The topological polar surface area (TPSA) is 40.5 Å². The molecule has 0 aromatic heterocycles. The molecule has 1 saturated carbocycles. The van der Waals surface area contributed by atoms with Crippen molar-refractivity contribution in [3.05, 3.63) is 59.2 Å². The molecule has 2 aliphatic carbocycles. The molecule has 0 saturated heterocycles. The van der Waals surface area contributed by atoms with Gasteiger partial charge >= 0.3 is 0 Å². The fourth-order valence-corrected chi connectivity index (χ4v) is 4.36. The Bertz CT molecular complexity index is 790. The molecule has 2 aromatic rings. The first-order valence-electron chi connectivity index (χ1n) is 9.26. The predicted molar refractivity (Wildman–Crippen MR) is 99.6 cm³/mol. The Hall–Kier alpha value is -2.13. The third kappa shape index (κ3) is 2.98. The number of rotatable bonds is 3. The highest BCUT2D eigenvalue weighted by atomic mass is 16.3. The molecular formula is C22H25NO2. The van der Waals surface area contributed by atoms with E-state index in [1.54, 1.807) is 0 Å². The van der Waals surface area contributed by atoms with Gasteiger partial charge in [-0.05, 0) is 72.4 Å². The van der Waals surface area contributed by atoms with Crippen LogP contribution in [-0.2, 0) is 6.42 Å². The van der Waals surface area contributed by atoms with Crippen LogP contribution < -0.4 is 0 Å². The largest absolute Gasteiger partial charge is 0.396 e. The van der Waals surface area contributed by atoms with Crippen molar-refractivity contribution in [3.63, 3.8) is 0 Å². The van der Waals surface area contributed by atoms with E-state index < -0.39 is 0 Å². The first-order chi connectivity index (χ1) is 12.2. The van der Waals surface area contributed by atoms with Crippen LogP contribution in [0.5, 0.6) is 0 Å². The standard InChI is InChI=1S/C22H25NO2/c1-23(19-9-6-15(14-24)7-10-19)22(25)17-8-11-21-18(13-17)12-16-4-2-3-5-20(16)21/h2-5,8,11,13,15,19,24H,6-7,9-10,12,14H2,1H3. The number of nitrogens with zero attached hydrogens (tertiary/aromatic N) is 1. The van der Waals surface area contributed by atoms with Crippen molar-refractivity contribution in [3.8, 4) is 11.1 Å². The number of aliphatic hydroxyl groups is 1. The third-order valence-corrected chi connectivity index (χ3v) is 5.98. The number of hydrogen-bond acceptors (Lipinski definition) is 2. The lowest BCUT2D eigenvalue weighted by Gasteiger charge is -2.34. The van der Waals surface area contributed by atoms with Gasteiger partial charge in [-0.3, -0.25) is 4.79 Å². The van der Waals surface area contributed by atoms with Crippen molar-refractivity contribution in [2.45, 2.75) is 38.1 Å². The summed E-state index contributed by atoms with van der Waals surface area (Å²) in [6, 6.07) is 14.9. The van der Waals surface area contributed by atoms with Crippen molar-refractivity contribution in [2.75, 3.05) is 13.7 Å². The van der Waals surface area contributed by atoms with Gasteiger partial charge in [0.25, 0.3) is 5.91 Å². The second-order valence-electron chi connectivity index (χ2n) is 7.48. The van der Waals surface area contributed by atoms with Crippen LogP contribution in [0.3, 0.4) is 0 Å². The number of hydrogen-bond donors (Lipinski definition) is 1. The van der Waals surface area contributed by atoms with E-state index >= 15 is 0 Å². The minimum absolute atomic E-state index is 0.117. The molecule has 0 heterocycles. The highest BCUT2D eigenvalue weighted by Gasteiger charge is 2.27. The normalized spacial score (nSPS) is 21.5. The van der Waals surface area contributed by atoms with Crippen LogP contribution in [0.2, 0.25) is 0 Å². The van der Waals surface area contributed by atoms with Gasteiger partial charge in [0.1, 0.15) is 0 Å². The summed E-state index contributed by atoms with van der Waals surface area (Å²) in [6.45, 7) is 0.274. The maximum Gasteiger partial charge on any atom is 0.253 e. The minimum Gasteiger partial charge on any atom is -0.396 e. The molecule has 0 bridgehead atoms. The molecule has 25 heavy (non-hydrogen) atoms. The summed E-state index contributed by atoms with van der Waals surface area (Å²) in [7, 11) is 1.92. The lowest BCUT2D eigenvalue weighted by molar-refractivity contribution is 0.0653. The van der Waals surface area contributed by atoms with Crippen LogP contribution >= 0.6 is 0 Å². The summed E-state index contributed by atoms with van der Waals surface area (Å²) < 4.78 is 0. The second kappa shape index (κ2) is 6.64. The Morgan fingerprint density at radius 3 is 2.52 bits per heavy atom.